The first-order valence-corrected chi connectivity index (χ1v) is 10.6. The third kappa shape index (κ3) is 5.12. The Morgan fingerprint density at radius 2 is 1.88 bits per heavy atom. The molecule has 0 aromatic carbocycles. The Hall–Kier alpha value is -2.88. The fourth-order valence-corrected chi connectivity index (χ4v) is 3.70. The number of H-pyrrole nitrogens is 1. The number of anilines is 2. The van der Waals surface area contributed by atoms with Gasteiger partial charge in [0.15, 0.2) is 33.6 Å². The average molecular weight is 486 g/mol. The number of aromatic nitrogens is 3. The van der Waals surface area contributed by atoms with Gasteiger partial charge in [-0.2, -0.15) is 26.3 Å². The zero-order valence-corrected chi connectivity index (χ0v) is 17.2. The van der Waals surface area contributed by atoms with Gasteiger partial charge in [-0.15, -0.1) is 5.10 Å². The summed E-state index contributed by atoms with van der Waals surface area (Å²) in [5.74, 6) is -2.22. The quantitative estimate of drug-likeness (QED) is 0.473. The van der Waals surface area contributed by atoms with E-state index in [9.17, 15) is 34.8 Å². The van der Waals surface area contributed by atoms with Crippen molar-refractivity contribution in [1.82, 2.24) is 15.0 Å². The Morgan fingerprint density at radius 1 is 1.19 bits per heavy atom. The molecule has 1 atom stereocenters. The molecule has 0 fully saturated rings. The van der Waals surface area contributed by atoms with Gasteiger partial charge in [-0.1, -0.05) is 6.92 Å². The maximum absolute atomic E-state index is 13.0. The number of nitrogens with one attached hydrogen (secondary N) is 2. The Bertz CT molecular complexity index is 1220. The van der Waals surface area contributed by atoms with Crippen molar-refractivity contribution in [2.75, 3.05) is 22.8 Å². The first-order valence-electron chi connectivity index (χ1n) is 8.92. The fraction of sp³-hybridized carbons (Fsp3) is 0.438. The highest BCUT2D eigenvalue weighted by molar-refractivity contribution is 7.91. The third-order valence-corrected chi connectivity index (χ3v) is 5.91. The van der Waals surface area contributed by atoms with Crippen molar-refractivity contribution in [1.29, 1.82) is 0 Å². The van der Waals surface area contributed by atoms with E-state index in [0.717, 1.165) is 17.1 Å². The summed E-state index contributed by atoms with van der Waals surface area (Å²) < 4.78 is 101. The molecule has 0 radical (unpaired) electrons. The summed E-state index contributed by atoms with van der Waals surface area (Å²) in [5, 5.41) is 4.97. The van der Waals surface area contributed by atoms with Crippen LogP contribution < -0.4 is 21.3 Å². The number of halogens is 6. The summed E-state index contributed by atoms with van der Waals surface area (Å²) in [6, 6.07) is 1.39. The molecule has 0 bridgehead atoms. The van der Waals surface area contributed by atoms with Crippen LogP contribution in [0, 0.1) is 0 Å². The monoisotopic (exact) mass is 486 g/mol. The minimum atomic E-state index is -4.76. The highest BCUT2D eigenvalue weighted by Crippen LogP contribution is 2.29. The molecule has 0 saturated carbocycles. The first-order chi connectivity index (χ1) is 14.7. The van der Waals surface area contributed by atoms with Gasteiger partial charge < -0.3 is 4.98 Å². The molecule has 0 amide bonds. The number of aromatic amines is 1. The molecule has 1 unspecified atom stereocenters. The molecule has 16 heteroatoms. The van der Waals surface area contributed by atoms with Crippen molar-refractivity contribution < 1.29 is 39.6 Å². The van der Waals surface area contributed by atoms with Gasteiger partial charge in [-0.3, -0.25) is 4.84 Å². The lowest BCUT2D eigenvalue weighted by Crippen LogP contribution is -2.42. The number of pyridine rings is 1. The van der Waals surface area contributed by atoms with Crippen LogP contribution in [0.2, 0.25) is 0 Å². The van der Waals surface area contributed by atoms with E-state index in [1.807, 2.05) is 5.48 Å². The van der Waals surface area contributed by atoms with E-state index in [1.165, 1.54) is 19.9 Å². The topological polar surface area (TPSA) is 113 Å². The number of hydrogen-bond acceptors (Lipinski definition) is 8. The van der Waals surface area contributed by atoms with Crippen molar-refractivity contribution in [3.05, 3.63) is 28.8 Å². The number of fused-ring (bicyclic) bond motifs is 1. The molecule has 0 saturated heterocycles. The van der Waals surface area contributed by atoms with E-state index in [0.29, 0.717) is 0 Å². The van der Waals surface area contributed by atoms with Crippen LogP contribution in [0.25, 0.3) is 6.08 Å². The fourth-order valence-electron chi connectivity index (χ4n) is 2.70. The maximum Gasteiger partial charge on any atom is 0.449 e. The van der Waals surface area contributed by atoms with Crippen LogP contribution in [0.15, 0.2) is 22.1 Å². The third-order valence-electron chi connectivity index (χ3n) is 4.16. The minimum absolute atomic E-state index is 0.0243. The highest BCUT2D eigenvalue weighted by atomic mass is 32.2. The second-order valence-corrected chi connectivity index (χ2v) is 8.85. The van der Waals surface area contributed by atoms with E-state index in [2.05, 4.69) is 24.9 Å². The Kier molecular flexibility index (Phi) is 6.12. The summed E-state index contributed by atoms with van der Waals surface area (Å²) >= 11 is 0. The predicted molar refractivity (Wildman–Crippen MR) is 98.4 cm³/mol. The summed E-state index contributed by atoms with van der Waals surface area (Å²) in [6.45, 7) is 1.22. The predicted octanol–water partition coefficient (Wildman–Crippen LogP) is 1.75. The van der Waals surface area contributed by atoms with E-state index in [4.69, 9.17) is 0 Å². The molecule has 0 spiro atoms. The Morgan fingerprint density at radius 3 is 2.47 bits per heavy atom. The number of hydrogen-bond donors (Lipinski definition) is 2. The van der Waals surface area contributed by atoms with Crippen LogP contribution in [0.1, 0.15) is 19.7 Å². The van der Waals surface area contributed by atoms with Gasteiger partial charge in [0.2, 0.25) is 5.82 Å². The summed E-state index contributed by atoms with van der Waals surface area (Å²) in [4.78, 5) is 13.5. The van der Waals surface area contributed by atoms with E-state index in [-0.39, 0.29) is 33.1 Å². The number of imidazole rings is 1. The number of rotatable bonds is 6. The largest absolute Gasteiger partial charge is 0.449 e. The average Bonchev–Trinajstić information content (AvgIpc) is 3.09. The van der Waals surface area contributed by atoms with Gasteiger partial charge in [-0.25, -0.2) is 28.9 Å². The second kappa shape index (κ2) is 8.23. The van der Waals surface area contributed by atoms with Crippen LogP contribution in [-0.2, 0) is 20.9 Å². The standard InChI is InChI=1S/C16H16F6N6O3S/c1-3-32(29,30)10-4-5-11(27-31-7-15(17,18)19)24-13(10)28-8(2)6-9-12(26-28)25-14(23-9)16(20,21)22/h4-6,8H,3,7H2,1-2H3,(H,24,27)(H,23,25,26). The van der Waals surface area contributed by atoms with E-state index in [1.54, 1.807) is 0 Å². The van der Waals surface area contributed by atoms with Crippen LogP contribution in [0.5, 0.6) is 0 Å². The van der Waals surface area contributed by atoms with Gasteiger partial charge in [-0.05, 0) is 25.1 Å². The van der Waals surface area contributed by atoms with Gasteiger partial charge >= 0.3 is 12.4 Å². The lowest BCUT2D eigenvalue weighted by molar-refractivity contribution is -0.167. The summed E-state index contributed by atoms with van der Waals surface area (Å²) in [5.41, 5.74) is 1.60. The lowest BCUT2D eigenvalue weighted by Gasteiger charge is -2.26. The molecule has 0 aliphatic carbocycles. The van der Waals surface area contributed by atoms with Gasteiger partial charge in [0.25, 0.3) is 0 Å². The molecule has 2 aromatic heterocycles. The van der Waals surface area contributed by atoms with E-state index < -0.39 is 40.7 Å². The normalized spacial score (nSPS) is 16.9. The highest BCUT2D eigenvalue weighted by Gasteiger charge is 2.36. The molecule has 1 aliphatic heterocycles. The molecule has 2 N–H and O–H groups in total. The van der Waals surface area contributed by atoms with Crippen molar-refractivity contribution in [2.45, 2.75) is 37.1 Å². The zero-order chi connectivity index (χ0) is 23.9. The lowest BCUT2D eigenvalue weighted by atomic mass is 10.2. The maximum atomic E-state index is 13.0. The van der Waals surface area contributed by atoms with E-state index >= 15 is 0 Å². The number of alkyl halides is 6. The van der Waals surface area contributed by atoms with Crippen molar-refractivity contribution >= 4 is 27.5 Å². The summed E-state index contributed by atoms with van der Waals surface area (Å²) in [7, 11) is -3.89. The molecule has 9 nitrogen and oxygen atoms in total. The zero-order valence-electron chi connectivity index (χ0n) is 16.4. The SMILES string of the molecule is CCS(=O)(=O)c1ccc(NOCC(F)(F)F)nc1N1N=c2nc(C(F)(F)F)[nH]c2=CC1C. The van der Waals surface area contributed by atoms with Crippen LogP contribution in [-0.4, -0.2) is 47.9 Å². The Balaban J connectivity index is 2.07. The molecular formula is C16H16F6N6O3S. The molecule has 176 valence electrons. The van der Waals surface area contributed by atoms with Crippen LogP contribution in [0.3, 0.4) is 0 Å². The molecule has 3 heterocycles. The molecule has 2 aromatic rings. The number of nitrogens with zero attached hydrogens (tertiary/aromatic N) is 4. The smallest absolute Gasteiger partial charge is 0.333 e. The van der Waals surface area contributed by atoms with Crippen molar-refractivity contribution in [2.24, 2.45) is 5.10 Å². The Labute approximate surface area is 176 Å². The minimum Gasteiger partial charge on any atom is -0.333 e. The van der Waals surface area contributed by atoms with Gasteiger partial charge in [0.05, 0.1) is 17.1 Å². The first kappa shape index (κ1) is 23.8. The molecular weight excluding hydrogens is 470 g/mol. The van der Waals surface area contributed by atoms with Gasteiger partial charge in [0, 0.05) is 0 Å². The van der Waals surface area contributed by atoms with Crippen LogP contribution in [0.4, 0.5) is 38.0 Å². The molecule has 1 aliphatic rings. The van der Waals surface area contributed by atoms with Crippen LogP contribution >= 0.6 is 0 Å². The molecule has 32 heavy (non-hydrogen) atoms. The summed E-state index contributed by atoms with van der Waals surface area (Å²) in [6.07, 6.45) is -8.06. The van der Waals surface area contributed by atoms with Crippen molar-refractivity contribution in [3.8, 4) is 0 Å². The molecule has 3 rings (SSSR count). The van der Waals surface area contributed by atoms with Gasteiger partial charge in [0.1, 0.15) is 4.90 Å². The number of sulfone groups is 1. The second-order valence-electron chi connectivity index (χ2n) is 6.60. The van der Waals surface area contributed by atoms with Crippen molar-refractivity contribution in [3.63, 3.8) is 0 Å².